The van der Waals surface area contributed by atoms with Crippen LogP contribution in [0, 0.1) is 28.4 Å². The van der Waals surface area contributed by atoms with Crippen molar-refractivity contribution in [2.45, 2.75) is 20.5 Å². The number of nitrogens with zero attached hydrogens (tertiary/aromatic N) is 3. The quantitative estimate of drug-likeness (QED) is 0.220. The first-order chi connectivity index (χ1) is 15.9. The van der Waals surface area contributed by atoms with Crippen LogP contribution < -0.4 is 14.8 Å². The molecule has 0 fully saturated rings. The monoisotopic (exact) mass is 448 g/mol. The first kappa shape index (κ1) is 23.0. The zero-order chi connectivity index (χ0) is 23.8. The van der Waals surface area contributed by atoms with E-state index in [-0.39, 0.29) is 23.7 Å². The first-order valence-electron chi connectivity index (χ1n) is 9.89. The number of carbonyl (C=O) groups is 1. The van der Waals surface area contributed by atoms with Crippen LogP contribution in [0.3, 0.4) is 0 Å². The number of nitro benzene ring substituents is 1. The Balaban J connectivity index is 1.75. The van der Waals surface area contributed by atoms with Crippen molar-refractivity contribution in [2.24, 2.45) is 0 Å². The number of ether oxygens (including phenoxy) is 2. The minimum absolute atomic E-state index is 0.000847. The number of hydrogen-bond donors (Lipinski definition) is 1. The molecule has 10 nitrogen and oxygen atoms in total. The Bertz CT molecular complexity index is 1220. The van der Waals surface area contributed by atoms with E-state index in [0.717, 1.165) is 5.56 Å². The van der Waals surface area contributed by atoms with Crippen molar-refractivity contribution in [1.82, 2.24) is 5.16 Å². The lowest BCUT2D eigenvalue weighted by Gasteiger charge is -2.13. The number of rotatable bonds is 9. The maximum Gasteiger partial charge on any atom is 0.269 e. The number of nitriles is 1. The third kappa shape index (κ3) is 6.18. The molecule has 0 bridgehead atoms. The van der Waals surface area contributed by atoms with Crippen LogP contribution in [0.5, 0.6) is 11.5 Å². The molecule has 168 valence electrons. The summed E-state index contributed by atoms with van der Waals surface area (Å²) in [6.07, 6.45) is 1.42. The summed E-state index contributed by atoms with van der Waals surface area (Å²) in [6, 6.07) is 14.5. The highest BCUT2D eigenvalue weighted by molar-refractivity contribution is 6.09. The van der Waals surface area contributed by atoms with E-state index in [1.54, 1.807) is 37.3 Å². The van der Waals surface area contributed by atoms with Crippen molar-refractivity contribution in [2.75, 3.05) is 11.9 Å². The summed E-state index contributed by atoms with van der Waals surface area (Å²) in [5, 5.41) is 26.4. The van der Waals surface area contributed by atoms with Gasteiger partial charge in [-0.1, -0.05) is 11.2 Å². The SMILES string of the molecule is CCOc1cc(C=C(C#N)C(=O)Nc2cc(C)on2)ccc1OCc1ccc([N+](=O)[O-])cc1. The van der Waals surface area contributed by atoms with Gasteiger partial charge in [0.2, 0.25) is 0 Å². The molecule has 1 aromatic heterocycles. The fraction of sp³-hybridized carbons (Fsp3) is 0.174. The highest BCUT2D eigenvalue weighted by atomic mass is 16.6. The maximum atomic E-state index is 12.4. The topological polar surface area (TPSA) is 141 Å². The van der Waals surface area contributed by atoms with Crippen LogP contribution in [-0.2, 0) is 11.4 Å². The van der Waals surface area contributed by atoms with Crippen LogP contribution in [0.25, 0.3) is 6.08 Å². The molecule has 3 aromatic rings. The standard InChI is InChI=1S/C23H20N4O6/c1-3-31-21-12-17(11-18(13-24)23(28)25-22-10-15(2)33-26-22)6-9-20(21)32-14-16-4-7-19(8-5-16)27(29)30/h4-12H,3,14H2,1-2H3,(H,25,26,28). The van der Waals surface area contributed by atoms with E-state index in [1.165, 1.54) is 24.3 Å². The van der Waals surface area contributed by atoms with Crippen LogP contribution in [0.2, 0.25) is 0 Å². The molecule has 1 N–H and O–H groups in total. The fourth-order valence-electron chi connectivity index (χ4n) is 2.80. The molecule has 0 radical (unpaired) electrons. The largest absolute Gasteiger partial charge is 0.490 e. The van der Waals surface area contributed by atoms with E-state index in [1.807, 2.05) is 13.0 Å². The van der Waals surface area contributed by atoms with Gasteiger partial charge in [-0.15, -0.1) is 0 Å². The van der Waals surface area contributed by atoms with Crippen molar-refractivity contribution < 1.29 is 23.7 Å². The van der Waals surface area contributed by atoms with Crippen LogP contribution in [0.4, 0.5) is 11.5 Å². The van der Waals surface area contributed by atoms with Crippen LogP contribution in [0.15, 0.2) is 58.6 Å². The van der Waals surface area contributed by atoms with Crippen LogP contribution >= 0.6 is 0 Å². The summed E-state index contributed by atoms with van der Waals surface area (Å²) < 4.78 is 16.4. The molecule has 0 spiro atoms. The summed E-state index contributed by atoms with van der Waals surface area (Å²) in [4.78, 5) is 22.7. The normalized spacial score (nSPS) is 10.9. The molecular formula is C23H20N4O6. The van der Waals surface area contributed by atoms with E-state index < -0.39 is 10.8 Å². The van der Waals surface area contributed by atoms with Crippen molar-refractivity contribution in [1.29, 1.82) is 5.26 Å². The van der Waals surface area contributed by atoms with Crippen molar-refractivity contribution in [3.8, 4) is 17.6 Å². The summed E-state index contributed by atoms with van der Waals surface area (Å²) in [7, 11) is 0. The number of carbonyl (C=O) groups excluding carboxylic acids is 1. The average Bonchev–Trinajstić information content (AvgIpc) is 3.21. The van der Waals surface area contributed by atoms with Gasteiger partial charge in [0.15, 0.2) is 17.3 Å². The second-order valence-electron chi connectivity index (χ2n) is 6.80. The highest BCUT2D eigenvalue weighted by Crippen LogP contribution is 2.30. The van der Waals surface area contributed by atoms with Gasteiger partial charge in [0.1, 0.15) is 24.0 Å². The van der Waals surface area contributed by atoms with Crippen LogP contribution in [0.1, 0.15) is 23.8 Å². The lowest BCUT2D eigenvalue weighted by Crippen LogP contribution is -2.13. The van der Waals surface area contributed by atoms with Gasteiger partial charge in [-0.3, -0.25) is 14.9 Å². The van der Waals surface area contributed by atoms with E-state index in [0.29, 0.717) is 29.4 Å². The third-order valence-electron chi connectivity index (χ3n) is 4.35. The minimum Gasteiger partial charge on any atom is -0.490 e. The maximum absolute atomic E-state index is 12.4. The van der Waals surface area contributed by atoms with E-state index >= 15 is 0 Å². The summed E-state index contributed by atoms with van der Waals surface area (Å²) in [5.74, 6) is 0.996. The first-order valence-corrected chi connectivity index (χ1v) is 9.89. The Morgan fingerprint density at radius 3 is 2.58 bits per heavy atom. The third-order valence-corrected chi connectivity index (χ3v) is 4.35. The Morgan fingerprint density at radius 1 is 1.21 bits per heavy atom. The fourth-order valence-corrected chi connectivity index (χ4v) is 2.80. The zero-order valence-corrected chi connectivity index (χ0v) is 17.9. The molecule has 0 unspecified atom stereocenters. The molecule has 0 aliphatic carbocycles. The van der Waals surface area contributed by atoms with Crippen LogP contribution in [-0.4, -0.2) is 22.6 Å². The Labute approximate surface area is 189 Å². The number of anilines is 1. The van der Waals surface area contributed by atoms with Gasteiger partial charge in [0.05, 0.1) is 11.5 Å². The van der Waals surface area contributed by atoms with Gasteiger partial charge in [-0.25, -0.2) is 0 Å². The van der Waals surface area contributed by atoms with Crippen molar-refractivity contribution in [3.63, 3.8) is 0 Å². The van der Waals surface area contributed by atoms with Gasteiger partial charge in [0.25, 0.3) is 11.6 Å². The molecule has 0 aliphatic heterocycles. The Morgan fingerprint density at radius 2 is 1.97 bits per heavy atom. The average molecular weight is 448 g/mol. The molecule has 0 saturated carbocycles. The minimum atomic E-state index is -0.623. The molecule has 1 amide bonds. The number of aryl methyl sites for hydroxylation is 1. The van der Waals surface area contributed by atoms with E-state index in [9.17, 15) is 20.2 Å². The molecule has 10 heteroatoms. The molecule has 0 saturated heterocycles. The predicted molar refractivity (Wildman–Crippen MR) is 118 cm³/mol. The number of nitrogens with one attached hydrogen (secondary N) is 1. The summed E-state index contributed by atoms with van der Waals surface area (Å²) in [5.41, 5.74) is 1.18. The molecule has 0 aliphatic rings. The molecule has 2 aromatic carbocycles. The number of amides is 1. The van der Waals surface area contributed by atoms with Gasteiger partial charge in [-0.05, 0) is 55.3 Å². The molecule has 1 heterocycles. The number of nitro groups is 1. The summed E-state index contributed by atoms with van der Waals surface area (Å²) in [6.45, 7) is 4.05. The number of non-ortho nitro benzene ring substituents is 1. The Kier molecular flexibility index (Phi) is 7.39. The molecule has 33 heavy (non-hydrogen) atoms. The molecular weight excluding hydrogens is 428 g/mol. The smallest absolute Gasteiger partial charge is 0.269 e. The summed E-state index contributed by atoms with van der Waals surface area (Å²) >= 11 is 0. The van der Waals surface area contributed by atoms with E-state index in [4.69, 9.17) is 14.0 Å². The van der Waals surface area contributed by atoms with Gasteiger partial charge in [0, 0.05) is 18.2 Å². The van der Waals surface area contributed by atoms with Crippen molar-refractivity contribution in [3.05, 3.63) is 81.1 Å². The lowest BCUT2D eigenvalue weighted by atomic mass is 10.1. The number of benzene rings is 2. The number of aromatic nitrogens is 1. The number of hydrogen-bond acceptors (Lipinski definition) is 8. The highest BCUT2D eigenvalue weighted by Gasteiger charge is 2.13. The van der Waals surface area contributed by atoms with Crippen molar-refractivity contribution >= 4 is 23.5 Å². The zero-order valence-electron chi connectivity index (χ0n) is 17.9. The van der Waals surface area contributed by atoms with Gasteiger partial charge < -0.3 is 19.3 Å². The Hall–Kier alpha value is -4.65. The lowest BCUT2D eigenvalue weighted by molar-refractivity contribution is -0.384. The van der Waals surface area contributed by atoms with Gasteiger partial charge in [-0.2, -0.15) is 5.26 Å². The second kappa shape index (κ2) is 10.6. The predicted octanol–water partition coefficient (Wildman–Crippen LogP) is 4.41. The molecule has 0 atom stereocenters. The molecule has 3 rings (SSSR count). The van der Waals surface area contributed by atoms with E-state index in [2.05, 4.69) is 10.5 Å². The second-order valence-corrected chi connectivity index (χ2v) is 6.80. The van der Waals surface area contributed by atoms with Gasteiger partial charge >= 0.3 is 0 Å².